The molecule has 0 radical (unpaired) electrons. The van der Waals surface area contributed by atoms with Gasteiger partial charge in [0.1, 0.15) is 5.92 Å². The lowest BCUT2D eigenvalue weighted by molar-refractivity contribution is -0.142. The van der Waals surface area contributed by atoms with Gasteiger partial charge in [-0.3, -0.25) is 4.79 Å². The summed E-state index contributed by atoms with van der Waals surface area (Å²) >= 11 is 0. The van der Waals surface area contributed by atoms with E-state index in [2.05, 4.69) is 0 Å². The van der Waals surface area contributed by atoms with Gasteiger partial charge < -0.3 is 10.2 Å². The van der Waals surface area contributed by atoms with Crippen molar-refractivity contribution in [2.45, 2.75) is 31.8 Å². The van der Waals surface area contributed by atoms with E-state index in [1.165, 1.54) is 0 Å². The fourth-order valence-electron chi connectivity index (χ4n) is 2.21. The van der Waals surface area contributed by atoms with Crippen LogP contribution in [0, 0.1) is 6.92 Å². The Hall–Kier alpha value is -1.35. The molecule has 1 aliphatic rings. The van der Waals surface area contributed by atoms with Crippen LogP contribution in [0.3, 0.4) is 0 Å². The molecule has 1 aromatic rings. The summed E-state index contributed by atoms with van der Waals surface area (Å²) in [5.41, 5.74) is 2.87. The number of hydrogen-bond donors (Lipinski definition) is 2. The third kappa shape index (κ3) is 1.75. The second-order valence-corrected chi connectivity index (χ2v) is 4.12. The van der Waals surface area contributed by atoms with Crippen LogP contribution >= 0.6 is 0 Å². The third-order valence-electron chi connectivity index (χ3n) is 3.00. The summed E-state index contributed by atoms with van der Waals surface area (Å²) in [6.07, 6.45) is 0.546. The van der Waals surface area contributed by atoms with Crippen LogP contribution < -0.4 is 0 Å². The Morgan fingerprint density at radius 1 is 1.47 bits per heavy atom. The van der Waals surface area contributed by atoms with E-state index >= 15 is 0 Å². The zero-order chi connectivity index (χ0) is 11.0. The van der Waals surface area contributed by atoms with Gasteiger partial charge in [0.15, 0.2) is 0 Å². The summed E-state index contributed by atoms with van der Waals surface area (Å²) in [5.74, 6) is -1.69. The SMILES string of the molecule is Cc1ccc2c(c1)C(C(=O)O)C(O)CC2. The van der Waals surface area contributed by atoms with Crippen molar-refractivity contribution in [1.82, 2.24) is 0 Å². The highest BCUT2D eigenvalue weighted by molar-refractivity contribution is 5.78. The van der Waals surface area contributed by atoms with Crippen LogP contribution in [-0.4, -0.2) is 22.3 Å². The van der Waals surface area contributed by atoms with Crippen molar-refractivity contribution in [1.29, 1.82) is 0 Å². The predicted molar refractivity (Wildman–Crippen MR) is 55.9 cm³/mol. The van der Waals surface area contributed by atoms with Gasteiger partial charge in [0, 0.05) is 0 Å². The summed E-state index contributed by atoms with van der Waals surface area (Å²) in [6, 6.07) is 5.82. The molecule has 3 heteroatoms. The number of fused-ring (bicyclic) bond motifs is 1. The molecule has 0 saturated carbocycles. The molecule has 3 nitrogen and oxygen atoms in total. The van der Waals surface area contributed by atoms with Gasteiger partial charge in [-0.2, -0.15) is 0 Å². The summed E-state index contributed by atoms with van der Waals surface area (Å²) in [4.78, 5) is 11.1. The van der Waals surface area contributed by atoms with E-state index in [1.54, 1.807) is 0 Å². The highest BCUT2D eigenvalue weighted by Gasteiger charge is 2.33. The predicted octanol–water partition coefficient (Wildman–Crippen LogP) is 1.47. The molecule has 0 aromatic heterocycles. The maximum Gasteiger partial charge on any atom is 0.313 e. The lowest BCUT2D eigenvalue weighted by Gasteiger charge is -2.27. The minimum atomic E-state index is -0.936. The molecular weight excluding hydrogens is 192 g/mol. The van der Waals surface area contributed by atoms with E-state index in [1.807, 2.05) is 25.1 Å². The monoisotopic (exact) mass is 206 g/mol. The Bertz CT molecular complexity index is 398. The fraction of sp³-hybridized carbons (Fsp3) is 0.417. The summed E-state index contributed by atoms with van der Waals surface area (Å²) in [7, 11) is 0. The normalized spacial score (nSPS) is 24.7. The smallest absolute Gasteiger partial charge is 0.313 e. The van der Waals surface area contributed by atoms with Gasteiger partial charge in [-0.25, -0.2) is 0 Å². The first-order valence-corrected chi connectivity index (χ1v) is 5.10. The minimum absolute atomic E-state index is 0.535. The highest BCUT2D eigenvalue weighted by Crippen LogP contribution is 2.32. The molecule has 2 N–H and O–H groups in total. The van der Waals surface area contributed by atoms with Crippen molar-refractivity contribution >= 4 is 5.97 Å². The van der Waals surface area contributed by atoms with E-state index in [0.29, 0.717) is 6.42 Å². The number of hydrogen-bond acceptors (Lipinski definition) is 2. The molecule has 1 aromatic carbocycles. The zero-order valence-electron chi connectivity index (χ0n) is 8.60. The number of aliphatic carboxylic acids is 1. The number of aryl methyl sites for hydroxylation is 2. The van der Waals surface area contributed by atoms with Gasteiger partial charge in [-0.15, -0.1) is 0 Å². The molecule has 0 heterocycles. The first kappa shape index (κ1) is 10.2. The van der Waals surface area contributed by atoms with Crippen LogP contribution in [0.15, 0.2) is 18.2 Å². The average Bonchev–Trinajstić information content (AvgIpc) is 2.16. The van der Waals surface area contributed by atoms with E-state index in [9.17, 15) is 9.90 Å². The Morgan fingerprint density at radius 2 is 2.20 bits per heavy atom. The topological polar surface area (TPSA) is 57.5 Å². The molecule has 15 heavy (non-hydrogen) atoms. The van der Waals surface area contributed by atoms with Crippen molar-refractivity contribution in [2.24, 2.45) is 0 Å². The number of carbonyl (C=O) groups is 1. The maximum atomic E-state index is 11.1. The second kappa shape index (κ2) is 3.66. The Balaban J connectivity index is 2.50. The average molecular weight is 206 g/mol. The lowest BCUT2D eigenvalue weighted by atomic mass is 9.80. The first-order valence-electron chi connectivity index (χ1n) is 5.10. The quantitative estimate of drug-likeness (QED) is 0.731. The summed E-state index contributed by atoms with van der Waals surface area (Å²) < 4.78 is 0. The molecule has 0 fully saturated rings. The van der Waals surface area contributed by atoms with Crippen molar-refractivity contribution in [3.63, 3.8) is 0 Å². The van der Waals surface area contributed by atoms with Gasteiger partial charge in [-0.1, -0.05) is 23.8 Å². The van der Waals surface area contributed by atoms with Crippen LogP contribution in [0.4, 0.5) is 0 Å². The Labute approximate surface area is 88.4 Å². The Kier molecular flexibility index (Phi) is 2.49. The Morgan fingerprint density at radius 3 is 2.87 bits per heavy atom. The van der Waals surface area contributed by atoms with Crippen molar-refractivity contribution in [3.05, 3.63) is 34.9 Å². The number of benzene rings is 1. The van der Waals surface area contributed by atoms with Crippen LogP contribution in [0.2, 0.25) is 0 Å². The first-order chi connectivity index (χ1) is 7.09. The molecular formula is C12H14O3. The fourth-order valence-corrected chi connectivity index (χ4v) is 2.21. The molecule has 2 atom stereocenters. The van der Waals surface area contributed by atoms with Crippen molar-refractivity contribution < 1.29 is 15.0 Å². The molecule has 80 valence electrons. The standard InChI is InChI=1S/C12H14O3/c1-7-2-3-8-4-5-10(13)11(12(14)15)9(8)6-7/h2-3,6,10-11,13H,4-5H2,1H3,(H,14,15). The molecule has 0 spiro atoms. The van der Waals surface area contributed by atoms with E-state index in [4.69, 9.17) is 5.11 Å². The van der Waals surface area contributed by atoms with Crippen LogP contribution in [0.5, 0.6) is 0 Å². The number of rotatable bonds is 1. The number of carboxylic acid groups (broad SMARTS) is 1. The largest absolute Gasteiger partial charge is 0.481 e. The highest BCUT2D eigenvalue weighted by atomic mass is 16.4. The summed E-state index contributed by atoms with van der Waals surface area (Å²) in [5, 5.41) is 18.8. The van der Waals surface area contributed by atoms with Gasteiger partial charge in [0.25, 0.3) is 0 Å². The number of carboxylic acids is 1. The molecule has 2 rings (SSSR count). The van der Waals surface area contributed by atoms with Crippen LogP contribution in [0.25, 0.3) is 0 Å². The maximum absolute atomic E-state index is 11.1. The molecule has 0 saturated heterocycles. The third-order valence-corrected chi connectivity index (χ3v) is 3.00. The van der Waals surface area contributed by atoms with E-state index in [0.717, 1.165) is 23.1 Å². The molecule has 1 aliphatic carbocycles. The molecule has 2 unspecified atom stereocenters. The minimum Gasteiger partial charge on any atom is -0.481 e. The van der Waals surface area contributed by atoms with Gasteiger partial charge >= 0.3 is 5.97 Å². The van der Waals surface area contributed by atoms with Crippen LogP contribution in [0.1, 0.15) is 29.0 Å². The molecule has 0 bridgehead atoms. The summed E-state index contributed by atoms with van der Waals surface area (Å²) in [6.45, 7) is 1.93. The number of aliphatic hydroxyl groups excluding tert-OH is 1. The number of aliphatic hydroxyl groups is 1. The molecule has 0 amide bonds. The van der Waals surface area contributed by atoms with Crippen LogP contribution in [-0.2, 0) is 11.2 Å². The van der Waals surface area contributed by atoms with Gasteiger partial charge in [0.05, 0.1) is 6.10 Å². The lowest BCUT2D eigenvalue weighted by Crippen LogP contribution is -2.31. The zero-order valence-corrected chi connectivity index (χ0v) is 8.60. The van der Waals surface area contributed by atoms with E-state index in [-0.39, 0.29) is 0 Å². The van der Waals surface area contributed by atoms with Gasteiger partial charge in [-0.05, 0) is 30.9 Å². The van der Waals surface area contributed by atoms with Gasteiger partial charge in [0.2, 0.25) is 0 Å². The van der Waals surface area contributed by atoms with E-state index < -0.39 is 18.0 Å². The molecule has 0 aliphatic heterocycles. The van der Waals surface area contributed by atoms with Crippen molar-refractivity contribution in [2.75, 3.05) is 0 Å². The second-order valence-electron chi connectivity index (χ2n) is 4.12. The van der Waals surface area contributed by atoms with Crippen molar-refractivity contribution in [3.8, 4) is 0 Å².